The quantitative estimate of drug-likeness (QED) is 0.449. The largest absolute Gasteiger partial charge is 0.469 e. The second kappa shape index (κ2) is 6.87. The number of esters is 1. The molecule has 0 bridgehead atoms. The van der Waals surface area contributed by atoms with E-state index < -0.39 is 6.10 Å². The molecule has 0 spiro atoms. The van der Waals surface area contributed by atoms with Gasteiger partial charge in [0.05, 0.1) is 13.2 Å². The molecule has 0 saturated carbocycles. The Morgan fingerprint density at radius 1 is 1.59 bits per heavy atom. The van der Waals surface area contributed by atoms with Crippen molar-refractivity contribution < 1.29 is 19.4 Å². The maximum absolute atomic E-state index is 11.3. The zero-order valence-corrected chi connectivity index (χ0v) is 9.86. The molecule has 92 valence electrons. The van der Waals surface area contributed by atoms with Gasteiger partial charge in [0, 0.05) is 31.3 Å². The van der Waals surface area contributed by atoms with Crippen molar-refractivity contribution in [2.75, 3.05) is 7.11 Å². The Morgan fingerprint density at radius 2 is 2.35 bits per heavy atom. The van der Waals surface area contributed by atoms with Crippen LogP contribution in [0.3, 0.4) is 0 Å². The maximum atomic E-state index is 11.3. The Bertz CT molecular complexity index is 384. The summed E-state index contributed by atoms with van der Waals surface area (Å²) in [5.74, 6) is 5.50. The molecule has 1 atom stereocenters. The van der Waals surface area contributed by atoms with Crippen molar-refractivity contribution in [3.63, 3.8) is 0 Å². The van der Waals surface area contributed by atoms with Crippen LogP contribution in [0.2, 0.25) is 0 Å². The molecule has 1 aliphatic carbocycles. The van der Waals surface area contributed by atoms with E-state index in [0.717, 1.165) is 0 Å². The lowest BCUT2D eigenvalue weighted by molar-refractivity contribution is -0.140. The number of rotatable bonds is 4. The van der Waals surface area contributed by atoms with Crippen LogP contribution in [0.25, 0.3) is 0 Å². The number of methoxy groups -OCH3 is 1. The zero-order chi connectivity index (χ0) is 12.7. The lowest BCUT2D eigenvalue weighted by Crippen LogP contribution is -2.00. The van der Waals surface area contributed by atoms with Crippen molar-refractivity contribution >= 4 is 11.8 Å². The first kappa shape index (κ1) is 13.5. The first-order chi connectivity index (χ1) is 8.13. The number of allylic oxidation sites excluding steroid dienone is 1. The summed E-state index contributed by atoms with van der Waals surface area (Å²) in [6.45, 7) is 0. The molecule has 0 heterocycles. The van der Waals surface area contributed by atoms with Crippen LogP contribution >= 0.6 is 0 Å². The fraction of sp³-hybridized carbons (Fsp3) is 0.538. The predicted octanol–water partition coefficient (Wildman–Crippen LogP) is 0.983. The molecule has 1 rings (SSSR count). The van der Waals surface area contributed by atoms with Crippen molar-refractivity contribution in [3.8, 4) is 11.8 Å². The SMILES string of the molecule is COC(=O)CCCC#CCC1=C[C@H](O)CC1=O. The molecule has 1 aliphatic rings. The second-order valence-corrected chi connectivity index (χ2v) is 3.85. The van der Waals surface area contributed by atoms with Crippen molar-refractivity contribution in [1.29, 1.82) is 0 Å². The van der Waals surface area contributed by atoms with Gasteiger partial charge in [-0.2, -0.15) is 0 Å². The van der Waals surface area contributed by atoms with Gasteiger partial charge in [0.15, 0.2) is 5.78 Å². The van der Waals surface area contributed by atoms with Gasteiger partial charge in [-0.05, 0) is 12.5 Å². The van der Waals surface area contributed by atoms with Crippen LogP contribution in [0.4, 0.5) is 0 Å². The number of aliphatic hydroxyl groups is 1. The average Bonchev–Trinajstić information content (AvgIpc) is 2.62. The summed E-state index contributed by atoms with van der Waals surface area (Å²) in [6, 6.07) is 0. The summed E-state index contributed by atoms with van der Waals surface area (Å²) < 4.78 is 4.50. The van der Waals surface area contributed by atoms with Crippen molar-refractivity contribution in [2.24, 2.45) is 0 Å². The summed E-state index contributed by atoms with van der Waals surface area (Å²) in [7, 11) is 1.36. The number of Topliss-reactive ketones (excluding diaryl/α,β-unsaturated/α-hetero) is 1. The molecule has 0 radical (unpaired) electrons. The van der Waals surface area contributed by atoms with Crippen LogP contribution in [-0.2, 0) is 14.3 Å². The number of aliphatic hydroxyl groups excluding tert-OH is 1. The molecule has 4 heteroatoms. The van der Waals surface area contributed by atoms with E-state index in [0.29, 0.717) is 31.3 Å². The highest BCUT2D eigenvalue weighted by Crippen LogP contribution is 2.16. The normalized spacial score (nSPS) is 18.4. The van der Waals surface area contributed by atoms with Gasteiger partial charge in [0.25, 0.3) is 0 Å². The van der Waals surface area contributed by atoms with E-state index in [-0.39, 0.29) is 18.2 Å². The number of ether oxygens (including phenoxy) is 1. The van der Waals surface area contributed by atoms with Gasteiger partial charge in [-0.25, -0.2) is 0 Å². The van der Waals surface area contributed by atoms with Crippen LogP contribution in [0.5, 0.6) is 0 Å². The monoisotopic (exact) mass is 236 g/mol. The number of carbonyl (C=O) groups excluding carboxylic acids is 2. The molecule has 17 heavy (non-hydrogen) atoms. The number of hydrogen-bond donors (Lipinski definition) is 1. The van der Waals surface area contributed by atoms with Crippen LogP contribution < -0.4 is 0 Å². The Kier molecular flexibility index (Phi) is 5.44. The molecule has 0 fully saturated rings. The molecule has 0 aromatic carbocycles. The van der Waals surface area contributed by atoms with E-state index in [2.05, 4.69) is 16.6 Å². The lowest BCUT2D eigenvalue weighted by atomic mass is 10.1. The maximum Gasteiger partial charge on any atom is 0.305 e. The van der Waals surface area contributed by atoms with Crippen LogP contribution in [0, 0.1) is 11.8 Å². The van der Waals surface area contributed by atoms with Crippen molar-refractivity contribution in [1.82, 2.24) is 0 Å². The highest BCUT2D eigenvalue weighted by Gasteiger charge is 2.20. The van der Waals surface area contributed by atoms with Gasteiger partial charge in [-0.1, -0.05) is 5.92 Å². The van der Waals surface area contributed by atoms with Crippen molar-refractivity contribution in [2.45, 2.75) is 38.2 Å². The molecule has 0 unspecified atom stereocenters. The fourth-order valence-electron chi connectivity index (χ4n) is 1.53. The molecular weight excluding hydrogens is 220 g/mol. The number of ketones is 1. The molecule has 1 N–H and O–H groups in total. The Labute approximate surface area is 101 Å². The van der Waals surface area contributed by atoms with E-state index in [4.69, 9.17) is 0 Å². The summed E-state index contributed by atoms with van der Waals surface area (Å²) >= 11 is 0. The zero-order valence-electron chi connectivity index (χ0n) is 9.86. The number of unbranched alkanes of at least 4 members (excludes halogenated alkanes) is 1. The summed E-state index contributed by atoms with van der Waals surface area (Å²) in [5.41, 5.74) is 0.595. The van der Waals surface area contributed by atoms with E-state index in [1.54, 1.807) is 6.08 Å². The highest BCUT2D eigenvalue weighted by atomic mass is 16.5. The van der Waals surface area contributed by atoms with Gasteiger partial charge >= 0.3 is 5.97 Å². The van der Waals surface area contributed by atoms with Crippen LogP contribution in [0.1, 0.15) is 32.1 Å². The van der Waals surface area contributed by atoms with Gasteiger partial charge in [-0.15, -0.1) is 5.92 Å². The minimum Gasteiger partial charge on any atom is -0.469 e. The first-order valence-corrected chi connectivity index (χ1v) is 5.58. The highest BCUT2D eigenvalue weighted by molar-refractivity contribution is 5.98. The third-order valence-corrected chi connectivity index (χ3v) is 2.46. The van der Waals surface area contributed by atoms with Gasteiger partial charge in [0.2, 0.25) is 0 Å². The summed E-state index contributed by atoms with van der Waals surface area (Å²) in [5, 5.41) is 9.20. The Balaban J connectivity index is 2.21. The topological polar surface area (TPSA) is 63.6 Å². The standard InChI is InChI=1S/C13H16O4/c1-17-13(16)7-5-3-2-4-6-10-8-11(14)9-12(10)15/h8,11,14H,3,5-7,9H2,1H3/t11-/m0/s1. The van der Waals surface area contributed by atoms with Crippen LogP contribution in [-0.4, -0.2) is 30.1 Å². The average molecular weight is 236 g/mol. The van der Waals surface area contributed by atoms with E-state index in [1.807, 2.05) is 0 Å². The minimum absolute atomic E-state index is 0.0265. The smallest absolute Gasteiger partial charge is 0.305 e. The van der Waals surface area contributed by atoms with Gasteiger partial charge in [-0.3, -0.25) is 9.59 Å². The molecule has 0 saturated heterocycles. The van der Waals surface area contributed by atoms with E-state index in [1.165, 1.54) is 7.11 Å². The number of carbonyl (C=O) groups is 2. The molecule has 0 aliphatic heterocycles. The Hall–Kier alpha value is -1.60. The lowest BCUT2D eigenvalue weighted by Gasteiger charge is -1.94. The summed E-state index contributed by atoms with van der Waals surface area (Å²) in [6.07, 6.45) is 3.12. The predicted molar refractivity (Wildman–Crippen MR) is 62.0 cm³/mol. The minimum atomic E-state index is -0.640. The van der Waals surface area contributed by atoms with Gasteiger partial charge in [0.1, 0.15) is 0 Å². The molecule has 0 amide bonds. The Morgan fingerprint density at radius 3 is 2.94 bits per heavy atom. The van der Waals surface area contributed by atoms with Crippen molar-refractivity contribution in [3.05, 3.63) is 11.6 Å². The molecular formula is C13H16O4. The van der Waals surface area contributed by atoms with E-state index >= 15 is 0 Å². The van der Waals surface area contributed by atoms with Crippen LogP contribution in [0.15, 0.2) is 11.6 Å². The fourth-order valence-corrected chi connectivity index (χ4v) is 1.53. The van der Waals surface area contributed by atoms with E-state index in [9.17, 15) is 14.7 Å². The molecule has 4 nitrogen and oxygen atoms in total. The molecule has 0 aromatic heterocycles. The van der Waals surface area contributed by atoms with Gasteiger partial charge < -0.3 is 9.84 Å². The molecule has 0 aromatic rings. The first-order valence-electron chi connectivity index (χ1n) is 5.58. The third kappa shape index (κ3) is 4.83. The second-order valence-electron chi connectivity index (χ2n) is 3.85. The number of hydrogen-bond acceptors (Lipinski definition) is 4. The summed E-state index contributed by atoms with van der Waals surface area (Å²) in [4.78, 5) is 22.1. The third-order valence-electron chi connectivity index (χ3n) is 2.46.